The van der Waals surface area contributed by atoms with Gasteiger partial charge in [0.15, 0.2) is 18.9 Å². The van der Waals surface area contributed by atoms with E-state index >= 15 is 0 Å². The number of rotatable bonds is 10. The fourth-order valence-electron chi connectivity index (χ4n) is 15.2. The zero-order valence-electron chi connectivity index (χ0n) is 39.4. The van der Waals surface area contributed by atoms with Crippen LogP contribution in [0.5, 0.6) is 0 Å². The zero-order chi connectivity index (χ0) is 49.3. The third kappa shape index (κ3) is 7.73. The van der Waals surface area contributed by atoms with Crippen molar-refractivity contribution in [3.05, 3.63) is 11.6 Å². The molecule has 0 bridgehead atoms. The number of carboxylic acid groups (broad SMARTS) is 1. The second kappa shape index (κ2) is 17.9. The lowest BCUT2D eigenvalue weighted by atomic mass is 9.33. The second-order valence-corrected chi connectivity index (χ2v) is 23.3. The number of fused-ring (bicyclic) bond motifs is 7. The third-order valence-electron chi connectivity index (χ3n) is 19.2. The fraction of sp³-hybridized carbons (Fsp3) is 0.936. The van der Waals surface area contributed by atoms with Crippen molar-refractivity contribution in [2.75, 3.05) is 19.8 Å². The Morgan fingerprint density at radius 3 is 1.64 bits per heavy atom. The molecule has 5 aliphatic carbocycles. The molecule has 0 unspecified atom stereocenters. The monoisotopic (exact) mass is 960 g/mol. The Kier molecular flexibility index (Phi) is 13.9. The summed E-state index contributed by atoms with van der Waals surface area (Å²) in [4.78, 5) is 13.8. The molecule has 3 aliphatic heterocycles. The van der Waals surface area contributed by atoms with Gasteiger partial charge in [0.05, 0.1) is 49.7 Å². The van der Waals surface area contributed by atoms with Gasteiger partial charge in [-0.3, -0.25) is 4.79 Å². The first-order valence-corrected chi connectivity index (χ1v) is 24.0. The Labute approximate surface area is 390 Å². The van der Waals surface area contributed by atoms with Gasteiger partial charge in [-0.25, -0.2) is 0 Å². The molecule has 0 amide bonds. The molecule has 4 saturated carbocycles. The van der Waals surface area contributed by atoms with Gasteiger partial charge in [-0.15, -0.1) is 0 Å². The van der Waals surface area contributed by atoms with E-state index in [0.29, 0.717) is 25.7 Å². The highest BCUT2D eigenvalue weighted by Gasteiger charge is 2.74. The topological polar surface area (TPSA) is 335 Å². The van der Waals surface area contributed by atoms with Gasteiger partial charge in [0.25, 0.3) is 0 Å². The molecule has 0 spiro atoms. The van der Waals surface area contributed by atoms with Crippen LogP contribution in [0.1, 0.15) is 93.4 Å². The van der Waals surface area contributed by atoms with Crippen LogP contribution in [-0.2, 0) is 33.2 Å². The number of carboxylic acids is 1. The summed E-state index contributed by atoms with van der Waals surface area (Å²) in [5.41, 5.74) is -4.45. The minimum absolute atomic E-state index is 0.0661. The van der Waals surface area contributed by atoms with Crippen LogP contribution in [0.15, 0.2) is 11.6 Å². The molecule has 20 nitrogen and oxygen atoms in total. The molecule has 8 rings (SSSR count). The van der Waals surface area contributed by atoms with Gasteiger partial charge in [0.2, 0.25) is 0 Å². The van der Waals surface area contributed by atoms with Crippen molar-refractivity contribution in [3.8, 4) is 0 Å². The van der Waals surface area contributed by atoms with Crippen LogP contribution >= 0.6 is 0 Å². The number of hydrogen-bond acceptors (Lipinski definition) is 19. The van der Waals surface area contributed by atoms with Crippen molar-refractivity contribution in [2.24, 2.45) is 50.2 Å². The zero-order valence-corrected chi connectivity index (χ0v) is 39.4. The van der Waals surface area contributed by atoms with Crippen LogP contribution in [0.25, 0.3) is 0 Å². The van der Waals surface area contributed by atoms with Crippen LogP contribution in [0.2, 0.25) is 0 Å². The number of ether oxygens (including phenoxy) is 6. The summed E-state index contributed by atoms with van der Waals surface area (Å²) >= 11 is 0. The normalized spacial score (nSPS) is 54.8. The summed E-state index contributed by atoms with van der Waals surface area (Å²) in [5, 5.41) is 140. The Bertz CT molecular complexity index is 1850. The number of carbonyl (C=O) groups is 1. The lowest BCUT2D eigenvalue weighted by Gasteiger charge is -2.72. The van der Waals surface area contributed by atoms with Crippen LogP contribution in [0.4, 0.5) is 0 Å². The van der Waals surface area contributed by atoms with Gasteiger partial charge >= 0.3 is 5.97 Å². The Hall–Kier alpha value is -1.51. The van der Waals surface area contributed by atoms with E-state index in [0.717, 1.165) is 5.57 Å². The molecule has 8 aliphatic rings. The SMILES string of the molecule is CC1(C)C[C@H]2C3=CC[C@@H]4[C@@]5(C)C[C@H](O[C@@H]6O[C@@H](CO)[C@H](O)[C@H]6O)[C@H](O[C@@H]6O[C@H](CO)[C@@H](O)[C@H](O)[C@H]6O)C(C)(C)[C@@H]5CC[C@@]4(C)[C@]3(C)[C@@H](O)C[C@@]2(C(=O)O)C[C@@H]1O[C@@H]1O[C@H](CO)[C@@H](O)[C@H](O)[C@H]1O. The van der Waals surface area contributed by atoms with Crippen molar-refractivity contribution in [2.45, 2.75) is 204 Å². The molecule has 0 aromatic heterocycles. The quantitative estimate of drug-likeness (QED) is 0.0854. The Balaban J connectivity index is 1.14. The molecule has 384 valence electrons. The number of hydrogen-bond donors (Lipinski definition) is 13. The van der Waals surface area contributed by atoms with Crippen molar-refractivity contribution in [3.63, 3.8) is 0 Å². The molecule has 0 aromatic rings. The molecule has 25 atom stereocenters. The molecule has 67 heavy (non-hydrogen) atoms. The van der Waals surface area contributed by atoms with Crippen molar-refractivity contribution in [1.29, 1.82) is 0 Å². The molecule has 3 heterocycles. The smallest absolute Gasteiger partial charge is 0.310 e. The molecule has 7 fully saturated rings. The summed E-state index contributed by atoms with van der Waals surface area (Å²) in [6.07, 6.45) is -20.8. The predicted molar refractivity (Wildman–Crippen MR) is 229 cm³/mol. The van der Waals surface area contributed by atoms with E-state index in [2.05, 4.69) is 19.9 Å². The first-order chi connectivity index (χ1) is 31.2. The Morgan fingerprint density at radius 2 is 1.12 bits per heavy atom. The maximum Gasteiger partial charge on any atom is 0.310 e. The largest absolute Gasteiger partial charge is 0.481 e. The summed E-state index contributed by atoms with van der Waals surface area (Å²) in [5.74, 6) is -1.95. The molecule has 0 radical (unpaired) electrons. The predicted octanol–water partition coefficient (Wildman–Crippen LogP) is -1.74. The van der Waals surface area contributed by atoms with E-state index in [4.69, 9.17) is 28.4 Å². The molecular formula is C47H76O20. The van der Waals surface area contributed by atoms with Gasteiger partial charge in [0.1, 0.15) is 67.1 Å². The summed E-state index contributed by atoms with van der Waals surface area (Å²) in [7, 11) is 0. The fourth-order valence-corrected chi connectivity index (χ4v) is 15.2. The first-order valence-electron chi connectivity index (χ1n) is 24.0. The molecule has 3 saturated heterocycles. The summed E-state index contributed by atoms with van der Waals surface area (Å²) in [6.45, 7) is 12.3. The summed E-state index contributed by atoms with van der Waals surface area (Å²) in [6, 6.07) is 0. The highest BCUT2D eigenvalue weighted by molar-refractivity contribution is 5.77. The summed E-state index contributed by atoms with van der Waals surface area (Å²) < 4.78 is 37.0. The maximum absolute atomic E-state index is 13.8. The van der Waals surface area contributed by atoms with E-state index < -0.39 is 175 Å². The van der Waals surface area contributed by atoms with Crippen molar-refractivity contribution >= 4 is 5.97 Å². The molecule has 20 heteroatoms. The minimum Gasteiger partial charge on any atom is -0.481 e. The van der Waals surface area contributed by atoms with Gasteiger partial charge in [-0.05, 0) is 84.4 Å². The third-order valence-corrected chi connectivity index (χ3v) is 19.2. The number of allylic oxidation sites excluding steroid dienone is 1. The maximum atomic E-state index is 13.8. The van der Waals surface area contributed by atoms with E-state index in [1.54, 1.807) is 0 Å². The Morgan fingerprint density at radius 1 is 0.627 bits per heavy atom. The highest BCUT2D eigenvalue weighted by Crippen LogP contribution is 2.76. The lowest BCUT2D eigenvalue weighted by molar-refractivity contribution is -0.353. The average molecular weight is 961 g/mol. The van der Waals surface area contributed by atoms with E-state index in [-0.39, 0.29) is 31.1 Å². The van der Waals surface area contributed by atoms with E-state index in [1.807, 2.05) is 34.6 Å². The van der Waals surface area contributed by atoms with Gasteiger partial charge in [-0.1, -0.05) is 60.1 Å². The highest BCUT2D eigenvalue weighted by atomic mass is 16.7. The van der Waals surface area contributed by atoms with E-state index in [1.165, 1.54) is 0 Å². The number of aliphatic carboxylic acids is 1. The van der Waals surface area contributed by atoms with Gasteiger partial charge in [-0.2, -0.15) is 0 Å². The van der Waals surface area contributed by atoms with Crippen LogP contribution in [0, 0.1) is 50.2 Å². The van der Waals surface area contributed by atoms with Crippen molar-refractivity contribution in [1.82, 2.24) is 0 Å². The lowest BCUT2D eigenvalue weighted by Crippen LogP contribution is -2.71. The number of aliphatic hydroxyl groups is 12. The van der Waals surface area contributed by atoms with Crippen LogP contribution in [0.3, 0.4) is 0 Å². The first kappa shape index (κ1) is 51.8. The second-order valence-electron chi connectivity index (χ2n) is 23.3. The average Bonchev–Trinajstić information content (AvgIpc) is 3.53. The van der Waals surface area contributed by atoms with Gasteiger partial charge in [0, 0.05) is 5.41 Å². The molecular weight excluding hydrogens is 884 g/mol. The van der Waals surface area contributed by atoms with Gasteiger partial charge < -0.3 is 94.8 Å². The number of aliphatic hydroxyl groups excluding tert-OH is 12. The minimum atomic E-state index is -1.72. The standard InChI is InChI=1S/C47H76O20/c1-42(2)12-20-19-8-9-26-44(5)13-21(62-38-34(57)31(54)24(18-50)63-38)37(67-40-36(59)33(56)30(53)23(17-49)65-40)43(3,4)25(44)10-11-45(26,6)46(19,7)27(51)14-47(20,41(60)61)15-28(42)66-39-35(58)32(55)29(52)22(16-48)64-39/h8,20-40,48-59H,9-18H2,1-7H3,(H,60,61)/t20-,21-,22+,23+,24-,25-,26+,27-,28-,29+,30+,31-,32-,33-,34+,35+,36+,37-,38+,39-,40-,44-,45+,46-,47+/m0/s1. The van der Waals surface area contributed by atoms with Crippen molar-refractivity contribution < 1.29 is 99.6 Å². The molecule has 13 N–H and O–H groups in total. The van der Waals surface area contributed by atoms with Crippen LogP contribution in [-0.4, -0.2) is 203 Å². The molecule has 0 aromatic carbocycles. The van der Waals surface area contributed by atoms with E-state index in [9.17, 15) is 71.2 Å². The van der Waals surface area contributed by atoms with Crippen LogP contribution < -0.4 is 0 Å².